The number of nitrogens with zero attached hydrogens (tertiary/aromatic N) is 2. The average molecular weight is 263 g/mol. The molecule has 0 saturated carbocycles. The molecule has 0 N–H and O–H groups in total. The highest BCUT2D eigenvalue weighted by Gasteiger charge is 2.15. The largest absolute Gasteiger partial charge is 0.237 e. The van der Waals surface area contributed by atoms with Crippen LogP contribution in [-0.4, -0.2) is 9.78 Å². The molecular weight excluding hydrogens is 244 g/mol. The smallest absolute Gasteiger partial charge is 0.0683 e. The van der Waals surface area contributed by atoms with Gasteiger partial charge in [-0.05, 0) is 31.4 Å². The molecule has 0 aliphatic rings. The van der Waals surface area contributed by atoms with Crippen LogP contribution in [-0.2, 0) is 5.88 Å². The molecule has 0 atom stereocenters. The van der Waals surface area contributed by atoms with Crippen molar-refractivity contribution < 1.29 is 0 Å². The summed E-state index contributed by atoms with van der Waals surface area (Å²) in [5.74, 6) is 0.992. The van der Waals surface area contributed by atoms with Gasteiger partial charge in [0.05, 0.1) is 17.3 Å². The third kappa shape index (κ3) is 2.17. The van der Waals surface area contributed by atoms with Crippen molar-refractivity contribution in [2.24, 2.45) is 0 Å². The molecule has 0 unspecified atom stereocenters. The van der Waals surface area contributed by atoms with Gasteiger partial charge in [0.1, 0.15) is 0 Å². The summed E-state index contributed by atoms with van der Waals surface area (Å²) in [5, 5.41) is 4.63. The Bertz CT molecular complexity index is 556. The van der Waals surface area contributed by atoms with Gasteiger partial charge in [0.25, 0.3) is 0 Å². The van der Waals surface area contributed by atoms with E-state index >= 15 is 0 Å². The van der Waals surface area contributed by atoms with Gasteiger partial charge in [-0.15, -0.1) is 11.6 Å². The highest BCUT2D eigenvalue weighted by molar-refractivity contribution is 6.17. The van der Waals surface area contributed by atoms with E-state index in [0.29, 0.717) is 11.8 Å². The van der Waals surface area contributed by atoms with Crippen LogP contribution in [0.1, 0.15) is 42.3 Å². The number of rotatable bonds is 3. The molecule has 0 fully saturated rings. The maximum Gasteiger partial charge on any atom is 0.0683 e. The number of benzene rings is 1. The Kier molecular flexibility index (Phi) is 3.76. The standard InChI is InChI=1S/C15H19ClN2/c1-10(2)13-7-5-6-8-15(13)18-12(4)14(9-16)11(3)17-18/h5-8,10H,9H2,1-4H3. The van der Waals surface area contributed by atoms with Crippen molar-refractivity contribution in [3.05, 3.63) is 46.8 Å². The summed E-state index contributed by atoms with van der Waals surface area (Å²) in [5.41, 5.74) is 5.75. The highest BCUT2D eigenvalue weighted by atomic mass is 35.5. The third-order valence-electron chi connectivity index (χ3n) is 3.36. The molecule has 18 heavy (non-hydrogen) atoms. The Morgan fingerprint density at radius 2 is 1.89 bits per heavy atom. The first-order chi connectivity index (χ1) is 8.56. The fourth-order valence-corrected chi connectivity index (χ4v) is 2.66. The van der Waals surface area contributed by atoms with Crippen LogP contribution in [0.3, 0.4) is 0 Å². The second kappa shape index (κ2) is 5.15. The van der Waals surface area contributed by atoms with Crippen molar-refractivity contribution in [2.75, 3.05) is 0 Å². The third-order valence-corrected chi connectivity index (χ3v) is 3.63. The van der Waals surface area contributed by atoms with E-state index in [1.54, 1.807) is 0 Å². The molecule has 1 aromatic heterocycles. The summed E-state index contributed by atoms with van der Waals surface area (Å²) < 4.78 is 2.02. The van der Waals surface area contributed by atoms with Gasteiger partial charge in [0, 0.05) is 11.3 Å². The number of halogens is 1. The van der Waals surface area contributed by atoms with Crippen LogP contribution in [0.5, 0.6) is 0 Å². The zero-order chi connectivity index (χ0) is 13.3. The first-order valence-corrected chi connectivity index (χ1v) is 6.80. The van der Waals surface area contributed by atoms with Crippen molar-refractivity contribution in [1.29, 1.82) is 0 Å². The summed E-state index contributed by atoms with van der Waals surface area (Å²) in [6.07, 6.45) is 0. The molecule has 0 spiro atoms. The molecule has 0 amide bonds. The molecule has 0 saturated heterocycles. The molecule has 1 aromatic carbocycles. The van der Waals surface area contributed by atoms with Crippen LogP contribution in [0.2, 0.25) is 0 Å². The van der Waals surface area contributed by atoms with Crippen LogP contribution in [0.15, 0.2) is 24.3 Å². The lowest BCUT2D eigenvalue weighted by molar-refractivity contribution is 0.786. The van der Waals surface area contributed by atoms with Crippen molar-refractivity contribution in [3.63, 3.8) is 0 Å². The Morgan fingerprint density at radius 3 is 2.44 bits per heavy atom. The summed E-state index contributed by atoms with van der Waals surface area (Å²) in [4.78, 5) is 0. The molecule has 96 valence electrons. The molecule has 2 rings (SSSR count). The van der Waals surface area contributed by atoms with Crippen LogP contribution < -0.4 is 0 Å². The lowest BCUT2D eigenvalue weighted by Crippen LogP contribution is -2.04. The number of para-hydroxylation sites is 1. The molecule has 2 aromatic rings. The minimum atomic E-state index is 0.476. The zero-order valence-electron chi connectivity index (χ0n) is 11.4. The fourth-order valence-electron chi connectivity index (χ4n) is 2.27. The van der Waals surface area contributed by atoms with E-state index in [2.05, 4.69) is 50.1 Å². The molecule has 0 aliphatic carbocycles. The number of aryl methyl sites for hydroxylation is 1. The molecule has 1 heterocycles. The van der Waals surface area contributed by atoms with Gasteiger partial charge in [-0.25, -0.2) is 4.68 Å². The Morgan fingerprint density at radius 1 is 1.22 bits per heavy atom. The van der Waals surface area contributed by atoms with E-state index in [1.165, 1.54) is 5.56 Å². The first kappa shape index (κ1) is 13.2. The summed E-state index contributed by atoms with van der Waals surface area (Å²) in [6.45, 7) is 8.49. The molecule has 0 bridgehead atoms. The zero-order valence-corrected chi connectivity index (χ0v) is 12.1. The van der Waals surface area contributed by atoms with E-state index in [-0.39, 0.29) is 0 Å². The van der Waals surface area contributed by atoms with Gasteiger partial charge in [0.2, 0.25) is 0 Å². The normalized spacial score (nSPS) is 11.2. The predicted octanol–water partition coefficient (Wildman–Crippen LogP) is 4.35. The van der Waals surface area contributed by atoms with Crippen molar-refractivity contribution in [2.45, 2.75) is 39.5 Å². The van der Waals surface area contributed by atoms with Gasteiger partial charge >= 0.3 is 0 Å². The van der Waals surface area contributed by atoms with Gasteiger partial charge in [-0.3, -0.25) is 0 Å². The van der Waals surface area contributed by atoms with Gasteiger partial charge in [-0.1, -0.05) is 32.0 Å². The first-order valence-electron chi connectivity index (χ1n) is 6.26. The van der Waals surface area contributed by atoms with E-state index < -0.39 is 0 Å². The lowest BCUT2D eigenvalue weighted by Gasteiger charge is -2.14. The van der Waals surface area contributed by atoms with Gasteiger partial charge < -0.3 is 0 Å². The van der Waals surface area contributed by atoms with Crippen LogP contribution in [0.4, 0.5) is 0 Å². The van der Waals surface area contributed by atoms with Gasteiger partial charge in [0.15, 0.2) is 0 Å². The van der Waals surface area contributed by atoms with Crippen molar-refractivity contribution in [3.8, 4) is 5.69 Å². The second-order valence-corrected chi connectivity index (χ2v) is 5.18. The second-order valence-electron chi connectivity index (χ2n) is 4.91. The Labute approximate surface area is 114 Å². The number of aromatic nitrogens is 2. The molecule has 0 radical (unpaired) electrons. The number of hydrogen-bond acceptors (Lipinski definition) is 1. The molecular formula is C15H19ClN2. The van der Waals surface area contributed by atoms with Crippen molar-refractivity contribution in [1.82, 2.24) is 9.78 Å². The number of alkyl halides is 1. The molecule has 3 heteroatoms. The molecule has 2 nitrogen and oxygen atoms in total. The average Bonchev–Trinajstić information content (AvgIpc) is 2.64. The molecule has 0 aliphatic heterocycles. The SMILES string of the molecule is Cc1nn(-c2ccccc2C(C)C)c(C)c1CCl. The summed E-state index contributed by atoms with van der Waals surface area (Å²) in [6, 6.07) is 8.41. The quantitative estimate of drug-likeness (QED) is 0.752. The lowest BCUT2D eigenvalue weighted by atomic mass is 10.0. The predicted molar refractivity (Wildman–Crippen MR) is 76.7 cm³/mol. The summed E-state index contributed by atoms with van der Waals surface area (Å²) >= 11 is 5.99. The minimum Gasteiger partial charge on any atom is -0.237 e. The maximum atomic E-state index is 5.99. The minimum absolute atomic E-state index is 0.476. The van der Waals surface area contributed by atoms with E-state index in [1.807, 2.05) is 11.6 Å². The highest BCUT2D eigenvalue weighted by Crippen LogP contribution is 2.26. The Balaban J connectivity index is 2.63. The van der Waals surface area contributed by atoms with Gasteiger partial charge in [-0.2, -0.15) is 5.10 Å². The fraction of sp³-hybridized carbons (Fsp3) is 0.400. The van der Waals surface area contributed by atoms with Crippen LogP contribution >= 0.6 is 11.6 Å². The maximum absolute atomic E-state index is 5.99. The number of hydrogen-bond donors (Lipinski definition) is 0. The topological polar surface area (TPSA) is 17.8 Å². The Hall–Kier alpha value is -1.28. The van der Waals surface area contributed by atoms with E-state index in [4.69, 9.17) is 11.6 Å². The van der Waals surface area contributed by atoms with Crippen LogP contribution in [0.25, 0.3) is 5.69 Å². The van der Waals surface area contributed by atoms with Crippen LogP contribution in [0, 0.1) is 13.8 Å². The monoisotopic (exact) mass is 262 g/mol. The summed E-state index contributed by atoms with van der Waals surface area (Å²) in [7, 11) is 0. The van der Waals surface area contributed by atoms with E-state index in [0.717, 1.165) is 22.6 Å². The van der Waals surface area contributed by atoms with E-state index in [9.17, 15) is 0 Å². The van der Waals surface area contributed by atoms with Crippen molar-refractivity contribution >= 4 is 11.6 Å².